The van der Waals surface area contributed by atoms with Crippen molar-refractivity contribution in [3.63, 3.8) is 0 Å². The first kappa shape index (κ1) is 13.5. The molecule has 100 valence electrons. The summed E-state index contributed by atoms with van der Waals surface area (Å²) in [5.74, 6) is 0. The van der Waals surface area contributed by atoms with Gasteiger partial charge in [0.15, 0.2) is 0 Å². The summed E-state index contributed by atoms with van der Waals surface area (Å²) in [4.78, 5) is 0. The Morgan fingerprint density at radius 2 is 2.22 bits per heavy atom. The van der Waals surface area contributed by atoms with E-state index in [-0.39, 0.29) is 6.04 Å². The van der Waals surface area contributed by atoms with Gasteiger partial charge in [-0.1, -0.05) is 24.3 Å². The monoisotopic (exact) mass is 251 g/mol. The number of benzene rings is 1. The zero-order valence-electron chi connectivity index (χ0n) is 11.2. The molecule has 0 aliphatic carbocycles. The predicted molar refractivity (Wildman–Crippen MR) is 71.6 cm³/mol. The van der Waals surface area contributed by atoms with Gasteiger partial charge in [-0.15, -0.1) is 0 Å². The number of hydrogen-bond donors (Lipinski definition) is 1. The van der Waals surface area contributed by atoms with Gasteiger partial charge in [-0.3, -0.25) is 0 Å². The summed E-state index contributed by atoms with van der Waals surface area (Å²) in [5, 5.41) is 3.31. The molecule has 18 heavy (non-hydrogen) atoms. The Balaban J connectivity index is 1.96. The third-order valence-electron chi connectivity index (χ3n) is 3.49. The number of hydrogen-bond acceptors (Lipinski definition) is 2. The van der Waals surface area contributed by atoms with Crippen LogP contribution in [-0.4, -0.2) is 31.5 Å². The van der Waals surface area contributed by atoms with E-state index < -0.39 is 5.67 Å². The first-order chi connectivity index (χ1) is 8.57. The smallest absolute Gasteiger partial charge is 0.113 e. The van der Waals surface area contributed by atoms with Crippen LogP contribution in [0.5, 0.6) is 0 Å². The summed E-state index contributed by atoms with van der Waals surface area (Å²) < 4.78 is 20.0. The normalized spacial score (nSPS) is 23.6. The number of halogens is 1. The van der Waals surface area contributed by atoms with Gasteiger partial charge < -0.3 is 10.1 Å². The molecule has 2 rings (SSSR count). The lowest BCUT2D eigenvalue weighted by atomic mass is 9.89. The number of rotatable bonds is 4. The highest BCUT2D eigenvalue weighted by atomic mass is 19.1. The molecule has 0 bridgehead atoms. The number of morpholine rings is 1. The zero-order valence-corrected chi connectivity index (χ0v) is 11.2. The minimum absolute atomic E-state index is 0.137. The van der Waals surface area contributed by atoms with Crippen molar-refractivity contribution >= 4 is 0 Å². The predicted octanol–water partition coefficient (Wildman–Crippen LogP) is 2.64. The van der Waals surface area contributed by atoms with Crippen LogP contribution in [0.3, 0.4) is 0 Å². The Morgan fingerprint density at radius 3 is 2.89 bits per heavy atom. The van der Waals surface area contributed by atoms with E-state index in [9.17, 15) is 4.39 Å². The number of alkyl halides is 1. The second-order valence-electron chi connectivity index (χ2n) is 5.45. The fraction of sp³-hybridized carbons (Fsp3) is 0.600. The molecule has 0 radical (unpaired) electrons. The van der Waals surface area contributed by atoms with Crippen molar-refractivity contribution in [3.05, 3.63) is 35.4 Å². The van der Waals surface area contributed by atoms with Crippen LogP contribution in [0.15, 0.2) is 24.3 Å². The van der Waals surface area contributed by atoms with Crippen LogP contribution in [0.2, 0.25) is 0 Å². The van der Waals surface area contributed by atoms with Gasteiger partial charge in [0.2, 0.25) is 0 Å². The van der Waals surface area contributed by atoms with Crippen LogP contribution in [0, 0.1) is 6.92 Å². The van der Waals surface area contributed by atoms with Crippen LogP contribution in [0.4, 0.5) is 4.39 Å². The van der Waals surface area contributed by atoms with Gasteiger partial charge in [-0.25, -0.2) is 4.39 Å². The molecule has 1 fully saturated rings. The van der Waals surface area contributed by atoms with E-state index >= 15 is 0 Å². The quantitative estimate of drug-likeness (QED) is 0.888. The van der Waals surface area contributed by atoms with Crippen LogP contribution in [0.25, 0.3) is 0 Å². The zero-order chi connectivity index (χ0) is 13.0. The standard InChI is InChI=1S/C15H22FNO/c1-12-5-3-4-6-13(12)9-15(2,16)10-14-11-18-8-7-17-14/h3-6,14,17H,7-11H2,1-2H3. The molecule has 1 aliphatic heterocycles. The summed E-state index contributed by atoms with van der Waals surface area (Å²) in [7, 11) is 0. The van der Waals surface area contributed by atoms with E-state index in [0.29, 0.717) is 19.4 Å². The fourth-order valence-electron chi connectivity index (χ4n) is 2.54. The van der Waals surface area contributed by atoms with E-state index in [1.165, 1.54) is 0 Å². The molecule has 0 saturated carbocycles. The molecule has 2 unspecified atom stereocenters. The second-order valence-corrected chi connectivity index (χ2v) is 5.45. The highest BCUT2D eigenvalue weighted by Crippen LogP contribution is 2.25. The van der Waals surface area contributed by atoms with E-state index in [1.54, 1.807) is 6.92 Å². The van der Waals surface area contributed by atoms with E-state index in [0.717, 1.165) is 24.3 Å². The first-order valence-electron chi connectivity index (χ1n) is 6.61. The van der Waals surface area contributed by atoms with Gasteiger partial charge in [0.05, 0.1) is 13.2 Å². The van der Waals surface area contributed by atoms with Gasteiger partial charge in [-0.05, 0) is 31.4 Å². The third kappa shape index (κ3) is 3.79. The highest BCUT2D eigenvalue weighted by Gasteiger charge is 2.29. The Bertz CT molecular complexity index is 386. The molecule has 0 aromatic heterocycles. The lowest BCUT2D eigenvalue weighted by molar-refractivity contribution is 0.0483. The van der Waals surface area contributed by atoms with Gasteiger partial charge in [0.25, 0.3) is 0 Å². The molecular formula is C15H22FNO. The Hall–Kier alpha value is -0.930. The maximum atomic E-state index is 14.6. The van der Waals surface area contributed by atoms with Crippen LogP contribution < -0.4 is 5.32 Å². The third-order valence-corrected chi connectivity index (χ3v) is 3.49. The summed E-state index contributed by atoms with van der Waals surface area (Å²) in [6.07, 6.45) is 0.971. The maximum Gasteiger partial charge on any atom is 0.113 e. The van der Waals surface area contributed by atoms with Gasteiger partial charge >= 0.3 is 0 Å². The van der Waals surface area contributed by atoms with Crippen molar-refractivity contribution in [2.24, 2.45) is 0 Å². The van der Waals surface area contributed by atoms with Crippen molar-refractivity contribution < 1.29 is 9.13 Å². The van der Waals surface area contributed by atoms with Gasteiger partial charge in [-0.2, -0.15) is 0 Å². The lowest BCUT2D eigenvalue weighted by Crippen LogP contribution is -2.45. The molecule has 1 aromatic rings. The number of nitrogens with one attached hydrogen (secondary N) is 1. The summed E-state index contributed by atoms with van der Waals surface area (Å²) >= 11 is 0. The largest absolute Gasteiger partial charge is 0.379 e. The molecule has 1 saturated heterocycles. The molecule has 1 heterocycles. The molecular weight excluding hydrogens is 229 g/mol. The topological polar surface area (TPSA) is 21.3 Å². The number of ether oxygens (including phenoxy) is 1. The first-order valence-corrected chi connectivity index (χ1v) is 6.61. The van der Waals surface area contributed by atoms with Crippen LogP contribution in [0.1, 0.15) is 24.5 Å². The van der Waals surface area contributed by atoms with E-state index in [2.05, 4.69) is 5.32 Å². The molecule has 0 amide bonds. The molecule has 1 N–H and O–H groups in total. The fourth-order valence-corrected chi connectivity index (χ4v) is 2.54. The SMILES string of the molecule is Cc1ccccc1CC(C)(F)CC1COCCN1. The minimum Gasteiger partial charge on any atom is -0.379 e. The molecule has 2 atom stereocenters. The van der Waals surface area contributed by atoms with Crippen molar-refractivity contribution in [3.8, 4) is 0 Å². The molecule has 1 aromatic carbocycles. The highest BCUT2D eigenvalue weighted by molar-refractivity contribution is 5.27. The summed E-state index contributed by atoms with van der Waals surface area (Å²) in [5.41, 5.74) is 1.07. The number of aryl methyl sites for hydroxylation is 1. The van der Waals surface area contributed by atoms with Crippen molar-refractivity contribution in [1.82, 2.24) is 5.32 Å². The van der Waals surface area contributed by atoms with Gasteiger partial charge in [0.1, 0.15) is 5.67 Å². The van der Waals surface area contributed by atoms with E-state index in [4.69, 9.17) is 4.74 Å². The Morgan fingerprint density at radius 1 is 1.44 bits per heavy atom. The maximum absolute atomic E-state index is 14.6. The second kappa shape index (κ2) is 5.81. The van der Waals surface area contributed by atoms with Crippen molar-refractivity contribution in [2.45, 2.75) is 38.4 Å². The average molecular weight is 251 g/mol. The Kier molecular flexibility index (Phi) is 4.36. The summed E-state index contributed by atoms with van der Waals surface area (Å²) in [6.45, 7) is 5.90. The minimum atomic E-state index is -1.19. The lowest BCUT2D eigenvalue weighted by Gasteiger charge is -2.30. The molecule has 1 aliphatic rings. The van der Waals surface area contributed by atoms with E-state index in [1.807, 2.05) is 31.2 Å². The average Bonchev–Trinajstić information content (AvgIpc) is 2.32. The molecule has 2 nitrogen and oxygen atoms in total. The molecule has 3 heteroatoms. The van der Waals surface area contributed by atoms with Crippen molar-refractivity contribution in [2.75, 3.05) is 19.8 Å². The molecule has 0 spiro atoms. The van der Waals surface area contributed by atoms with Crippen molar-refractivity contribution in [1.29, 1.82) is 0 Å². The summed E-state index contributed by atoms with van der Waals surface area (Å²) in [6, 6.07) is 8.15. The van der Waals surface area contributed by atoms with Crippen LogP contribution >= 0.6 is 0 Å². The van der Waals surface area contributed by atoms with Gasteiger partial charge in [0, 0.05) is 19.0 Å². The van der Waals surface area contributed by atoms with Crippen LogP contribution in [-0.2, 0) is 11.2 Å². The Labute approximate surface area is 109 Å².